The minimum Gasteiger partial charge on any atom is -0.316 e. The zero-order valence-corrected chi connectivity index (χ0v) is 15.1. The first kappa shape index (κ1) is 17.9. The van der Waals surface area contributed by atoms with Crippen LogP contribution in [0, 0.1) is 0 Å². The van der Waals surface area contributed by atoms with Gasteiger partial charge in [-0.05, 0) is 65.8 Å². The number of fused-ring (bicyclic) bond motifs is 4. The largest absolute Gasteiger partial charge is 0.316 e. The molecule has 2 aromatic rings. The highest BCUT2D eigenvalue weighted by atomic mass is 32.2. The average Bonchev–Trinajstić information content (AvgIpc) is 2.86. The molecular weight excluding hydrogens is 334 g/mol. The van der Waals surface area contributed by atoms with Crippen LogP contribution in [0.2, 0.25) is 0 Å². The molecule has 0 saturated heterocycles. The third-order valence-electron chi connectivity index (χ3n) is 4.53. The van der Waals surface area contributed by atoms with E-state index in [0.717, 1.165) is 32.4 Å². The molecule has 132 valence electrons. The Morgan fingerprint density at radius 2 is 1.24 bits per heavy atom. The van der Waals surface area contributed by atoms with Gasteiger partial charge < -0.3 is 5.32 Å². The Morgan fingerprint density at radius 3 is 1.68 bits per heavy atom. The monoisotopic (exact) mass is 357 g/mol. The highest BCUT2D eigenvalue weighted by Gasteiger charge is 2.21. The number of benzene rings is 2. The lowest BCUT2D eigenvalue weighted by Crippen LogP contribution is -2.14. The molecule has 0 unspecified atom stereocenters. The number of rotatable bonds is 0. The van der Waals surface area contributed by atoms with Crippen molar-refractivity contribution in [3.05, 3.63) is 70.8 Å². The fourth-order valence-electron chi connectivity index (χ4n) is 3.59. The van der Waals surface area contributed by atoms with Gasteiger partial charge in [-0.1, -0.05) is 48.5 Å². The molecule has 1 aliphatic heterocycles. The van der Waals surface area contributed by atoms with Gasteiger partial charge in [0.1, 0.15) is 0 Å². The Morgan fingerprint density at radius 1 is 0.840 bits per heavy atom. The lowest BCUT2D eigenvalue weighted by Gasteiger charge is -2.13. The van der Waals surface area contributed by atoms with Gasteiger partial charge in [-0.2, -0.15) is 8.42 Å². The van der Waals surface area contributed by atoms with Crippen molar-refractivity contribution < 1.29 is 13.0 Å². The Balaban J connectivity index is 0.000000324. The van der Waals surface area contributed by atoms with Crippen LogP contribution in [0.5, 0.6) is 0 Å². The van der Waals surface area contributed by atoms with Gasteiger partial charge in [0.2, 0.25) is 0 Å². The van der Waals surface area contributed by atoms with Crippen LogP contribution in [-0.4, -0.2) is 32.3 Å². The minimum absolute atomic E-state index is 0.715. The Kier molecular flexibility index (Phi) is 5.37. The first-order valence-corrected chi connectivity index (χ1v) is 10.3. The van der Waals surface area contributed by atoms with Crippen LogP contribution in [0.4, 0.5) is 0 Å². The predicted molar refractivity (Wildman–Crippen MR) is 102 cm³/mol. The fourth-order valence-corrected chi connectivity index (χ4v) is 3.59. The summed E-state index contributed by atoms with van der Waals surface area (Å²) in [4.78, 5) is 0. The maximum Gasteiger partial charge on any atom is 0.261 e. The van der Waals surface area contributed by atoms with E-state index in [4.69, 9.17) is 4.55 Å². The van der Waals surface area contributed by atoms with E-state index in [1.54, 1.807) is 11.1 Å². The van der Waals surface area contributed by atoms with Crippen LogP contribution in [0.3, 0.4) is 0 Å². The van der Waals surface area contributed by atoms with Crippen molar-refractivity contribution in [3.8, 4) is 0 Å². The SMILES string of the molecule is CS(=O)(=O)O.c1ccc2c(c1)Cc1ccccc1C1=C2CCNCC1. The molecule has 0 fully saturated rings. The summed E-state index contributed by atoms with van der Waals surface area (Å²) in [5.41, 5.74) is 9.04. The topological polar surface area (TPSA) is 66.4 Å². The summed E-state index contributed by atoms with van der Waals surface area (Å²) in [6.07, 6.45) is 4.06. The van der Waals surface area contributed by atoms with Gasteiger partial charge in [-0.3, -0.25) is 4.55 Å². The first-order chi connectivity index (χ1) is 11.9. The molecule has 2 aliphatic rings. The third kappa shape index (κ3) is 4.57. The number of hydrogen-bond donors (Lipinski definition) is 2. The van der Waals surface area contributed by atoms with Crippen LogP contribution in [0.15, 0.2) is 48.5 Å². The summed E-state index contributed by atoms with van der Waals surface area (Å²) in [6, 6.07) is 17.9. The second-order valence-corrected chi connectivity index (χ2v) is 7.90. The van der Waals surface area contributed by atoms with Crippen molar-refractivity contribution in [2.45, 2.75) is 19.3 Å². The van der Waals surface area contributed by atoms with Crippen LogP contribution in [-0.2, 0) is 16.5 Å². The fraction of sp³-hybridized carbons (Fsp3) is 0.300. The summed E-state index contributed by atoms with van der Waals surface area (Å²) < 4.78 is 25.9. The van der Waals surface area contributed by atoms with Crippen LogP contribution in [0.25, 0.3) is 11.1 Å². The lowest BCUT2D eigenvalue weighted by atomic mass is 9.91. The van der Waals surface area contributed by atoms with E-state index >= 15 is 0 Å². The molecule has 0 bridgehead atoms. The second-order valence-electron chi connectivity index (χ2n) is 6.43. The Labute approximate surface area is 149 Å². The lowest BCUT2D eigenvalue weighted by molar-refractivity contribution is 0.490. The molecule has 0 atom stereocenters. The molecule has 0 spiro atoms. The molecule has 1 heterocycles. The quantitative estimate of drug-likeness (QED) is 0.709. The zero-order valence-electron chi connectivity index (χ0n) is 14.3. The van der Waals surface area contributed by atoms with Gasteiger partial charge in [-0.25, -0.2) is 0 Å². The van der Waals surface area contributed by atoms with E-state index in [9.17, 15) is 8.42 Å². The molecule has 2 N–H and O–H groups in total. The van der Waals surface area contributed by atoms with Gasteiger partial charge in [0.05, 0.1) is 6.26 Å². The molecular formula is C20H23NO3S. The molecule has 0 saturated carbocycles. The molecule has 4 rings (SSSR count). The van der Waals surface area contributed by atoms with E-state index in [2.05, 4.69) is 53.8 Å². The van der Waals surface area contributed by atoms with Crippen molar-refractivity contribution in [1.82, 2.24) is 5.32 Å². The average molecular weight is 357 g/mol. The van der Waals surface area contributed by atoms with E-state index in [1.165, 1.54) is 22.3 Å². The first-order valence-electron chi connectivity index (χ1n) is 8.45. The van der Waals surface area contributed by atoms with E-state index in [1.807, 2.05) is 0 Å². The van der Waals surface area contributed by atoms with Crippen molar-refractivity contribution in [2.24, 2.45) is 0 Å². The van der Waals surface area contributed by atoms with Gasteiger partial charge in [-0.15, -0.1) is 0 Å². The molecule has 0 amide bonds. The Hall–Kier alpha value is -1.95. The van der Waals surface area contributed by atoms with Gasteiger partial charge in [0, 0.05) is 0 Å². The predicted octanol–water partition coefficient (Wildman–Crippen LogP) is 3.39. The number of nitrogens with one attached hydrogen (secondary N) is 1. The molecule has 0 radical (unpaired) electrons. The van der Waals surface area contributed by atoms with Crippen LogP contribution < -0.4 is 5.32 Å². The molecule has 5 heteroatoms. The maximum absolute atomic E-state index is 9.19. The molecule has 25 heavy (non-hydrogen) atoms. The maximum atomic E-state index is 9.19. The van der Waals surface area contributed by atoms with E-state index in [0.29, 0.717) is 6.26 Å². The highest BCUT2D eigenvalue weighted by Crippen LogP contribution is 2.39. The molecule has 1 aliphatic carbocycles. The van der Waals surface area contributed by atoms with Crippen molar-refractivity contribution in [2.75, 3.05) is 19.3 Å². The van der Waals surface area contributed by atoms with Crippen molar-refractivity contribution in [1.29, 1.82) is 0 Å². The van der Waals surface area contributed by atoms with Gasteiger partial charge in [0.25, 0.3) is 10.1 Å². The highest BCUT2D eigenvalue weighted by molar-refractivity contribution is 7.85. The zero-order chi connectivity index (χ0) is 17.9. The van der Waals surface area contributed by atoms with Crippen LogP contribution >= 0.6 is 0 Å². The second kappa shape index (κ2) is 7.52. The summed E-state index contributed by atoms with van der Waals surface area (Å²) in [7, 11) is -3.67. The van der Waals surface area contributed by atoms with Gasteiger partial charge >= 0.3 is 0 Å². The van der Waals surface area contributed by atoms with Crippen molar-refractivity contribution in [3.63, 3.8) is 0 Å². The molecule has 4 nitrogen and oxygen atoms in total. The van der Waals surface area contributed by atoms with Crippen LogP contribution in [0.1, 0.15) is 35.1 Å². The number of hydrogen-bond acceptors (Lipinski definition) is 3. The smallest absolute Gasteiger partial charge is 0.261 e. The van der Waals surface area contributed by atoms with E-state index in [-0.39, 0.29) is 0 Å². The summed E-state index contributed by atoms with van der Waals surface area (Å²) in [5.74, 6) is 0. The van der Waals surface area contributed by atoms with Gasteiger partial charge in [0.15, 0.2) is 0 Å². The third-order valence-corrected chi connectivity index (χ3v) is 4.53. The van der Waals surface area contributed by atoms with Crippen molar-refractivity contribution >= 4 is 21.3 Å². The molecule has 0 aromatic heterocycles. The van der Waals surface area contributed by atoms with E-state index < -0.39 is 10.1 Å². The molecule has 2 aromatic carbocycles. The summed E-state index contributed by atoms with van der Waals surface area (Å²) in [6.45, 7) is 2.19. The summed E-state index contributed by atoms with van der Waals surface area (Å²) >= 11 is 0. The standard InChI is InChI=1S/C19H19N.CH4O3S/c1-3-7-16-14(5-1)13-15-6-2-4-8-17(15)19-10-12-20-11-9-18(16)19;1-5(2,3)4/h1-8,20H,9-13H2;1H3,(H,2,3,4). The summed E-state index contributed by atoms with van der Waals surface area (Å²) in [5, 5.41) is 3.54. The normalized spacial score (nSPS) is 16.4. The minimum atomic E-state index is -3.67. The Bertz CT molecular complexity index is 835.